The van der Waals surface area contributed by atoms with Crippen molar-refractivity contribution in [3.63, 3.8) is 0 Å². The predicted octanol–water partition coefficient (Wildman–Crippen LogP) is 1.59. The molecule has 0 amide bonds. The maximum Gasteiger partial charge on any atom is 0.150 e. The Morgan fingerprint density at radius 3 is 2.44 bits per heavy atom. The highest BCUT2D eigenvalue weighted by molar-refractivity contribution is 7.91. The van der Waals surface area contributed by atoms with Crippen LogP contribution in [-0.2, 0) is 9.84 Å². The third-order valence-electron chi connectivity index (χ3n) is 4.25. The maximum absolute atomic E-state index is 11.4. The van der Waals surface area contributed by atoms with Crippen LogP contribution < -0.4 is 5.32 Å². The molecule has 3 nitrogen and oxygen atoms in total. The highest BCUT2D eigenvalue weighted by Crippen LogP contribution is 2.32. The van der Waals surface area contributed by atoms with Crippen LogP contribution in [0.5, 0.6) is 0 Å². The van der Waals surface area contributed by atoms with Crippen molar-refractivity contribution in [3.8, 4) is 0 Å². The molecule has 4 heteroatoms. The Labute approximate surface area is 98.9 Å². The molecule has 2 atom stereocenters. The Hall–Kier alpha value is -0.0900. The van der Waals surface area contributed by atoms with Gasteiger partial charge in [0, 0.05) is 6.04 Å². The summed E-state index contributed by atoms with van der Waals surface area (Å²) >= 11 is 0. The molecule has 16 heavy (non-hydrogen) atoms. The van der Waals surface area contributed by atoms with Crippen molar-refractivity contribution in [2.45, 2.75) is 44.6 Å². The molecule has 94 valence electrons. The van der Waals surface area contributed by atoms with E-state index in [9.17, 15) is 8.42 Å². The van der Waals surface area contributed by atoms with Gasteiger partial charge in [-0.2, -0.15) is 0 Å². The van der Waals surface area contributed by atoms with Crippen LogP contribution >= 0.6 is 0 Å². The molecule has 2 aliphatic rings. The first-order chi connectivity index (χ1) is 7.61. The van der Waals surface area contributed by atoms with E-state index in [0.717, 1.165) is 18.8 Å². The molecule has 1 heterocycles. The molecule has 0 spiro atoms. The fourth-order valence-electron chi connectivity index (χ4n) is 3.32. The van der Waals surface area contributed by atoms with Gasteiger partial charge in [0.05, 0.1) is 11.5 Å². The van der Waals surface area contributed by atoms with Crippen molar-refractivity contribution >= 4 is 9.84 Å². The Morgan fingerprint density at radius 2 is 1.94 bits per heavy atom. The Morgan fingerprint density at radius 1 is 1.25 bits per heavy atom. The van der Waals surface area contributed by atoms with E-state index in [1.165, 1.54) is 25.7 Å². The van der Waals surface area contributed by atoms with Gasteiger partial charge in [-0.05, 0) is 44.6 Å². The lowest BCUT2D eigenvalue weighted by Gasteiger charge is -2.25. The first-order valence-electron chi connectivity index (χ1n) is 6.48. The molecule has 1 saturated heterocycles. The minimum absolute atomic E-state index is 0.406. The second-order valence-electron chi connectivity index (χ2n) is 5.44. The number of nitrogens with one attached hydrogen (secondary N) is 1. The number of rotatable bonds is 4. The van der Waals surface area contributed by atoms with Gasteiger partial charge >= 0.3 is 0 Å². The Kier molecular flexibility index (Phi) is 3.90. The predicted molar refractivity (Wildman–Crippen MR) is 66.2 cm³/mol. The van der Waals surface area contributed by atoms with Crippen molar-refractivity contribution in [1.82, 2.24) is 5.32 Å². The van der Waals surface area contributed by atoms with Crippen LogP contribution in [0.25, 0.3) is 0 Å². The van der Waals surface area contributed by atoms with E-state index >= 15 is 0 Å². The zero-order valence-corrected chi connectivity index (χ0v) is 10.9. The summed E-state index contributed by atoms with van der Waals surface area (Å²) in [6.07, 6.45) is 7.29. The third-order valence-corrected chi connectivity index (χ3v) is 6.09. The van der Waals surface area contributed by atoms with Crippen LogP contribution in [0.15, 0.2) is 0 Å². The van der Waals surface area contributed by atoms with Gasteiger partial charge in [-0.1, -0.05) is 12.8 Å². The first kappa shape index (κ1) is 12.4. The van der Waals surface area contributed by atoms with E-state index in [-0.39, 0.29) is 0 Å². The molecule has 1 aliphatic carbocycles. The quantitative estimate of drug-likeness (QED) is 0.818. The van der Waals surface area contributed by atoms with Crippen molar-refractivity contribution < 1.29 is 8.42 Å². The van der Waals surface area contributed by atoms with Crippen molar-refractivity contribution in [3.05, 3.63) is 0 Å². The van der Waals surface area contributed by atoms with Crippen LogP contribution in [-0.4, -0.2) is 33.0 Å². The summed E-state index contributed by atoms with van der Waals surface area (Å²) in [4.78, 5) is 0. The molecule has 2 unspecified atom stereocenters. The average molecular weight is 245 g/mol. The smallest absolute Gasteiger partial charge is 0.150 e. The summed E-state index contributed by atoms with van der Waals surface area (Å²) in [6.45, 7) is 0. The maximum atomic E-state index is 11.4. The zero-order chi connectivity index (χ0) is 11.6. The molecule has 1 N–H and O–H groups in total. The highest BCUT2D eigenvalue weighted by atomic mass is 32.2. The van der Waals surface area contributed by atoms with E-state index in [1.807, 2.05) is 7.05 Å². The van der Waals surface area contributed by atoms with E-state index in [0.29, 0.717) is 23.5 Å². The van der Waals surface area contributed by atoms with Crippen LogP contribution in [0.4, 0.5) is 0 Å². The van der Waals surface area contributed by atoms with Crippen molar-refractivity contribution in [2.75, 3.05) is 18.6 Å². The second-order valence-corrected chi connectivity index (χ2v) is 7.67. The topological polar surface area (TPSA) is 46.2 Å². The Bertz CT molecular complexity index is 320. The van der Waals surface area contributed by atoms with Gasteiger partial charge in [0.15, 0.2) is 9.84 Å². The summed E-state index contributed by atoms with van der Waals surface area (Å²) in [6, 6.07) is 0.542. The summed E-state index contributed by atoms with van der Waals surface area (Å²) in [5, 5.41) is 3.40. The number of sulfone groups is 1. The molecule has 2 rings (SSSR count). The summed E-state index contributed by atoms with van der Waals surface area (Å²) < 4.78 is 22.8. The van der Waals surface area contributed by atoms with Gasteiger partial charge < -0.3 is 5.32 Å². The lowest BCUT2D eigenvalue weighted by molar-refractivity contribution is 0.318. The molecule has 1 aliphatic heterocycles. The van der Waals surface area contributed by atoms with E-state index in [1.54, 1.807) is 0 Å². The normalized spacial score (nSPS) is 31.9. The molecular formula is C12H23NO2S. The molecule has 1 saturated carbocycles. The highest BCUT2D eigenvalue weighted by Gasteiger charge is 2.32. The summed E-state index contributed by atoms with van der Waals surface area (Å²) in [5.41, 5.74) is 0. The fourth-order valence-corrected chi connectivity index (χ4v) is 5.20. The van der Waals surface area contributed by atoms with Crippen LogP contribution in [0.3, 0.4) is 0 Å². The monoisotopic (exact) mass is 245 g/mol. The minimum Gasteiger partial charge on any atom is -0.317 e. The van der Waals surface area contributed by atoms with Crippen molar-refractivity contribution in [2.24, 2.45) is 11.8 Å². The minimum atomic E-state index is -2.70. The van der Waals surface area contributed by atoms with Crippen LogP contribution in [0, 0.1) is 11.8 Å². The average Bonchev–Trinajstić information content (AvgIpc) is 2.84. The molecule has 0 aromatic carbocycles. The van der Waals surface area contributed by atoms with Gasteiger partial charge in [0.1, 0.15) is 0 Å². The van der Waals surface area contributed by atoms with E-state index in [4.69, 9.17) is 0 Å². The largest absolute Gasteiger partial charge is 0.317 e. The lowest BCUT2D eigenvalue weighted by Crippen LogP contribution is -2.34. The standard InChI is InChI=1S/C12H23NO2S/c1-13-12(11-4-2-3-5-11)8-10-6-7-16(14,15)9-10/h10-13H,2-9H2,1H3. The van der Waals surface area contributed by atoms with Gasteiger partial charge in [-0.25, -0.2) is 8.42 Å². The third kappa shape index (κ3) is 2.98. The fraction of sp³-hybridized carbons (Fsp3) is 1.00. The SMILES string of the molecule is CNC(CC1CCS(=O)(=O)C1)C1CCCC1. The zero-order valence-electron chi connectivity index (χ0n) is 10.1. The molecule has 0 radical (unpaired) electrons. The van der Waals surface area contributed by atoms with Crippen LogP contribution in [0.1, 0.15) is 38.5 Å². The second kappa shape index (κ2) is 5.05. The number of hydrogen-bond acceptors (Lipinski definition) is 3. The van der Waals surface area contributed by atoms with Crippen molar-refractivity contribution in [1.29, 1.82) is 0 Å². The Balaban J connectivity index is 1.87. The number of hydrogen-bond donors (Lipinski definition) is 1. The van der Waals surface area contributed by atoms with Gasteiger partial charge in [-0.3, -0.25) is 0 Å². The molecular weight excluding hydrogens is 222 g/mol. The lowest BCUT2D eigenvalue weighted by atomic mass is 9.89. The summed E-state index contributed by atoms with van der Waals surface area (Å²) in [7, 11) is -0.680. The molecule has 0 bridgehead atoms. The van der Waals surface area contributed by atoms with Crippen LogP contribution in [0.2, 0.25) is 0 Å². The van der Waals surface area contributed by atoms with Gasteiger partial charge in [0.25, 0.3) is 0 Å². The van der Waals surface area contributed by atoms with Gasteiger partial charge in [-0.15, -0.1) is 0 Å². The first-order valence-corrected chi connectivity index (χ1v) is 8.30. The van der Waals surface area contributed by atoms with E-state index in [2.05, 4.69) is 5.32 Å². The molecule has 2 fully saturated rings. The van der Waals surface area contributed by atoms with Gasteiger partial charge in [0.2, 0.25) is 0 Å². The van der Waals surface area contributed by atoms with E-state index < -0.39 is 9.84 Å². The molecule has 0 aromatic rings. The molecule has 0 aromatic heterocycles. The summed E-state index contributed by atoms with van der Waals surface area (Å²) in [5.74, 6) is 2.03.